The number of halogens is 3. The first-order valence-electron chi connectivity index (χ1n) is 1.29. The lowest BCUT2D eigenvalue weighted by molar-refractivity contribution is -0.0510. The normalized spacial score (nSPS) is 8.00. The first-order valence-corrected chi connectivity index (χ1v) is 2.73. The maximum absolute atomic E-state index is 10.7. The van der Waals surface area contributed by atoms with Crippen molar-refractivity contribution >= 4 is 10.1 Å². The van der Waals surface area contributed by atoms with E-state index >= 15 is 0 Å². The quantitative estimate of drug-likeness (QED) is 0.333. The molecule has 13 heteroatoms. The van der Waals surface area contributed by atoms with Gasteiger partial charge in [-0.3, -0.25) is 4.55 Å². The van der Waals surface area contributed by atoms with E-state index in [1.165, 1.54) is 0 Å². The summed E-state index contributed by atoms with van der Waals surface area (Å²) in [6.45, 7) is 0. The van der Waals surface area contributed by atoms with Crippen molar-refractivity contribution < 1.29 is 59.0 Å². The van der Waals surface area contributed by atoms with E-state index in [1.54, 1.807) is 0 Å². The van der Waals surface area contributed by atoms with Gasteiger partial charge in [0.05, 0.1) is 0 Å². The van der Waals surface area contributed by atoms with Crippen molar-refractivity contribution in [2.75, 3.05) is 0 Å². The van der Waals surface area contributed by atoms with Gasteiger partial charge in [-0.15, -0.1) is 0 Å². The van der Waals surface area contributed by atoms with Gasteiger partial charge in [-0.05, 0) is 0 Å². The zero-order valence-electron chi connectivity index (χ0n) is 6.31. The lowest BCUT2D eigenvalue weighted by Crippen LogP contribution is -2.21. The molecule has 98 valence electrons. The van der Waals surface area contributed by atoms with Gasteiger partial charge in [-0.1, -0.05) is 0 Å². The SMILES string of the molecule is O.O.O.O.O.O.O=S(=O)(O)C(F)(F)F. The Labute approximate surface area is 75.7 Å². The molecule has 0 rings (SSSR count). The molecule has 0 aromatic rings. The van der Waals surface area contributed by atoms with Crippen molar-refractivity contribution in [3.05, 3.63) is 0 Å². The molecule has 14 heavy (non-hydrogen) atoms. The van der Waals surface area contributed by atoms with Gasteiger partial charge < -0.3 is 32.9 Å². The minimum Gasteiger partial charge on any atom is -0.412 e. The Morgan fingerprint density at radius 2 is 0.857 bits per heavy atom. The van der Waals surface area contributed by atoms with Crippen LogP contribution in [0.5, 0.6) is 0 Å². The molecule has 0 spiro atoms. The Morgan fingerprint density at radius 3 is 0.857 bits per heavy atom. The summed E-state index contributed by atoms with van der Waals surface area (Å²) in [4.78, 5) is 0. The van der Waals surface area contributed by atoms with Gasteiger partial charge in [0.15, 0.2) is 0 Å². The Balaban J connectivity index is -0.0000000163. The predicted molar refractivity (Wildman–Crippen MR) is 39.3 cm³/mol. The van der Waals surface area contributed by atoms with Gasteiger partial charge in [0, 0.05) is 0 Å². The summed E-state index contributed by atoms with van der Waals surface area (Å²) in [6, 6.07) is 0. The summed E-state index contributed by atoms with van der Waals surface area (Å²) >= 11 is 0. The van der Waals surface area contributed by atoms with E-state index in [4.69, 9.17) is 13.0 Å². The highest BCUT2D eigenvalue weighted by molar-refractivity contribution is 7.86. The molecular weight excluding hydrogens is 245 g/mol. The van der Waals surface area contributed by atoms with Crippen LogP contribution in [0, 0.1) is 0 Å². The molecule has 0 aliphatic rings. The molecule has 0 heterocycles. The van der Waals surface area contributed by atoms with Crippen molar-refractivity contribution in [1.82, 2.24) is 0 Å². The van der Waals surface area contributed by atoms with Gasteiger partial charge in [-0.25, -0.2) is 0 Å². The average molecular weight is 258 g/mol. The predicted octanol–water partition coefficient (Wildman–Crippen LogP) is -4.55. The largest absolute Gasteiger partial charge is 0.522 e. The van der Waals surface area contributed by atoms with Crippen LogP contribution in [0.4, 0.5) is 13.2 Å². The van der Waals surface area contributed by atoms with Crippen molar-refractivity contribution in [2.24, 2.45) is 0 Å². The molecule has 0 aromatic carbocycles. The Bertz CT molecular complexity index is 169. The van der Waals surface area contributed by atoms with Crippen LogP contribution in [0.2, 0.25) is 0 Å². The van der Waals surface area contributed by atoms with Crippen LogP contribution >= 0.6 is 0 Å². The molecule has 13 N–H and O–H groups in total. The summed E-state index contributed by atoms with van der Waals surface area (Å²) in [7, 11) is -5.84. The lowest BCUT2D eigenvalue weighted by atomic mass is 11.6. The standard InChI is InChI=1S/CHF3O3S.6H2O/c2-1(3,4)8(5,6)7;;;;;;/h(H,5,6,7);6*1H2. The Kier molecular flexibility index (Phi) is 44.6. The molecule has 0 saturated carbocycles. The number of alkyl halides is 3. The third-order valence-corrected chi connectivity index (χ3v) is 0.877. The third-order valence-electron chi connectivity index (χ3n) is 0.292. The molecule has 0 aliphatic heterocycles. The summed E-state index contributed by atoms with van der Waals surface area (Å²) in [6.07, 6.45) is 0. The molecule has 0 saturated heterocycles. The van der Waals surface area contributed by atoms with Crippen LogP contribution in [0.3, 0.4) is 0 Å². The van der Waals surface area contributed by atoms with Gasteiger partial charge in [0.2, 0.25) is 0 Å². The first kappa shape index (κ1) is 50.1. The van der Waals surface area contributed by atoms with Crippen LogP contribution in [-0.4, -0.2) is 51.3 Å². The van der Waals surface area contributed by atoms with E-state index in [9.17, 15) is 13.2 Å². The first-order chi connectivity index (χ1) is 3.25. The highest BCUT2D eigenvalue weighted by atomic mass is 32.2. The smallest absolute Gasteiger partial charge is 0.412 e. The van der Waals surface area contributed by atoms with Crippen molar-refractivity contribution in [1.29, 1.82) is 0 Å². The molecular formula is CH13F3O9S. The van der Waals surface area contributed by atoms with Crippen LogP contribution in [0.1, 0.15) is 0 Å². The molecule has 0 aliphatic carbocycles. The van der Waals surface area contributed by atoms with E-state index < -0.39 is 15.6 Å². The minimum atomic E-state index is -5.84. The molecule has 0 amide bonds. The molecule has 0 aromatic heterocycles. The fourth-order valence-corrected chi connectivity index (χ4v) is 0. The highest BCUT2D eigenvalue weighted by Crippen LogP contribution is 2.20. The maximum atomic E-state index is 10.7. The number of hydrogen-bond acceptors (Lipinski definition) is 2. The minimum absolute atomic E-state index is 0. The second-order valence-corrected chi connectivity index (χ2v) is 2.33. The molecule has 9 nitrogen and oxygen atoms in total. The molecule has 0 atom stereocenters. The fourth-order valence-electron chi connectivity index (χ4n) is 0. The highest BCUT2D eigenvalue weighted by Gasteiger charge is 2.44. The van der Waals surface area contributed by atoms with E-state index in [0.29, 0.717) is 0 Å². The summed E-state index contributed by atoms with van der Waals surface area (Å²) in [5.74, 6) is 0. The lowest BCUT2D eigenvalue weighted by Gasteiger charge is -1.97. The monoisotopic (exact) mass is 258 g/mol. The van der Waals surface area contributed by atoms with Gasteiger partial charge in [0.1, 0.15) is 0 Å². The second-order valence-electron chi connectivity index (χ2n) is 0.921. The van der Waals surface area contributed by atoms with Crippen LogP contribution in [0.25, 0.3) is 0 Å². The number of rotatable bonds is 0. The van der Waals surface area contributed by atoms with E-state index in [2.05, 4.69) is 0 Å². The van der Waals surface area contributed by atoms with E-state index in [-0.39, 0.29) is 32.9 Å². The van der Waals surface area contributed by atoms with E-state index in [0.717, 1.165) is 0 Å². The van der Waals surface area contributed by atoms with Gasteiger partial charge in [0.25, 0.3) is 0 Å². The van der Waals surface area contributed by atoms with Crippen molar-refractivity contribution in [3.8, 4) is 0 Å². The van der Waals surface area contributed by atoms with Crippen molar-refractivity contribution in [2.45, 2.75) is 5.51 Å². The summed E-state index contributed by atoms with van der Waals surface area (Å²) in [5.41, 5.74) is -5.53. The Morgan fingerprint density at radius 1 is 0.786 bits per heavy atom. The molecule has 0 fully saturated rings. The zero-order chi connectivity index (χ0) is 7.00. The van der Waals surface area contributed by atoms with Crippen LogP contribution in [0.15, 0.2) is 0 Å². The average Bonchev–Trinajstić information content (AvgIpc) is 1.25. The third kappa shape index (κ3) is 17.5. The fraction of sp³-hybridized carbons (Fsp3) is 1.00. The number of hydrogen-bond donors (Lipinski definition) is 1. The topological polar surface area (TPSA) is 243 Å². The molecule has 0 unspecified atom stereocenters. The summed E-state index contributed by atoms with van der Waals surface area (Å²) in [5, 5.41) is 0. The van der Waals surface area contributed by atoms with Crippen LogP contribution < -0.4 is 0 Å². The van der Waals surface area contributed by atoms with Gasteiger partial charge in [-0.2, -0.15) is 21.6 Å². The Hall–Kier alpha value is -0.540. The van der Waals surface area contributed by atoms with Crippen molar-refractivity contribution in [3.63, 3.8) is 0 Å². The molecule has 0 radical (unpaired) electrons. The maximum Gasteiger partial charge on any atom is 0.522 e. The van der Waals surface area contributed by atoms with Gasteiger partial charge >= 0.3 is 15.6 Å². The zero-order valence-corrected chi connectivity index (χ0v) is 7.12. The van der Waals surface area contributed by atoms with Crippen LogP contribution in [-0.2, 0) is 10.1 Å². The van der Waals surface area contributed by atoms with E-state index in [1.807, 2.05) is 0 Å². The molecule has 0 bridgehead atoms. The summed E-state index contributed by atoms with van der Waals surface area (Å²) < 4.78 is 57.5. The second kappa shape index (κ2) is 12.5.